The number of anilines is 1. The van der Waals surface area contributed by atoms with Crippen LogP contribution in [-0.4, -0.2) is 6.54 Å². The van der Waals surface area contributed by atoms with Gasteiger partial charge in [-0.3, -0.25) is 0 Å². The lowest BCUT2D eigenvalue weighted by Gasteiger charge is -2.16. The number of hydrogen-bond acceptors (Lipinski definition) is 1. The zero-order valence-corrected chi connectivity index (χ0v) is 10.5. The summed E-state index contributed by atoms with van der Waals surface area (Å²) in [6.45, 7) is 7.28. The first kappa shape index (κ1) is 12.6. The summed E-state index contributed by atoms with van der Waals surface area (Å²) in [7, 11) is 0. The topological polar surface area (TPSA) is 12.0 Å². The molecule has 0 saturated heterocycles. The average Bonchev–Trinajstić information content (AvgIpc) is 2.29. The molecule has 0 saturated carbocycles. The van der Waals surface area contributed by atoms with Gasteiger partial charge in [0.15, 0.2) is 0 Å². The molecule has 0 aromatic heterocycles. The summed E-state index contributed by atoms with van der Waals surface area (Å²) in [6, 6.07) is 6.36. The van der Waals surface area contributed by atoms with E-state index in [0.717, 1.165) is 6.42 Å². The van der Waals surface area contributed by atoms with E-state index in [1.165, 1.54) is 23.2 Å². The Labute approximate surface area is 99.3 Å². The van der Waals surface area contributed by atoms with Crippen molar-refractivity contribution in [2.24, 2.45) is 5.92 Å². The SMILES string of the molecule is C#CCNc1cccc(C)c1C[C@H](C)CC. The molecular weight excluding hydrogens is 194 g/mol. The standard InChI is InChI=1S/C15H21N/c1-5-10-16-15-9-7-8-13(4)14(15)11-12(3)6-2/h1,7-9,12,16H,6,10-11H2,2-4H3/t12-/m1/s1. The van der Waals surface area contributed by atoms with Crippen LogP contribution in [0.1, 0.15) is 31.4 Å². The van der Waals surface area contributed by atoms with Crippen molar-refractivity contribution in [1.82, 2.24) is 0 Å². The Morgan fingerprint density at radius 3 is 2.81 bits per heavy atom. The number of nitrogens with one attached hydrogen (secondary N) is 1. The summed E-state index contributed by atoms with van der Waals surface area (Å²) in [5, 5.41) is 3.30. The molecule has 86 valence electrons. The minimum atomic E-state index is 0.594. The molecule has 1 nitrogen and oxygen atoms in total. The molecule has 0 unspecified atom stereocenters. The smallest absolute Gasteiger partial charge is 0.0763 e. The van der Waals surface area contributed by atoms with Crippen molar-refractivity contribution >= 4 is 5.69 Å². The highest BCUT2D eigenvalue weighted by Gasteiger charge is 2.08. The van der Waals surface area contributed by atoms with Crippen molar-refractivity contribution in [2.75, 3.05) is 11.9 Å². The van der Waals surface area contributed by atoms with Crippen LogP contribution >= 0.6 is 0 Å². The number of terminal acetylenes is 1. The molecule has 0 amide bonds. The summed E-state index contributed by atoms with van der Waals surface area (Å²) in [5.41, 5.74) is 3.95. The number of aryl methyl sites for hydroxylation is 1. The fourth-order valence-corrected chi connectivity index (χ4v) is 1.78. The molecule has 1 aromatic carbocycles. The van der Waals surface area contributed by atoms with E-state index < -0.39 is 0 Å². The fourth-order valence-electron chi connectivity index (χ4n) is 1.78. The molecule has 16 heavy (non-hydrogen) atoms. The first-order valence-electron chi connectivity index (χ1n) is 5.94. The quantitative estimate of drug-likeness (QED) is 0.740. The molecule has 0 bridgehead atoms. The molecule has 1 N–H and O–H groups in total. The van der Waals surface area contributed by atoms with Gasteiger partial charge < -0.3 is 5.32 Å². The fraction of sp³-hybridized carbons (Fsp3) is 0.467. The monoisotopic (exact) mass is 215 g/mol. The summed E-state index contributed by atoms with van der Waals surface area (Å²) in [4.78, 5) is 0. The molecule has 0 heterocycles. The van der Waals surface area contributed by atoms with Crippen molar-refractivity contribution in [2.45, 2.75) is 33.6 Å². The van der Waals surface area contributed by atoms with Gasteiger partial charge in [0, 0.05) is 5.69 Å². The Kier molecular flexibility index (Phi) is 4.92. The maximum Gasteiger partial charge on any atom is 0.0763 e. The Morgan fingerprint density at radius 1 is 1.44 bits per heavy atom. The van der Waals surface area contributed by atoms with E-state index in [4.69, 9.17) is 6.42 Å². The van der Waals surface area contributed by atoms with E-state index in [0.29, 0.717) is 12.5 Å². The van der Waals surface area contributed by atoms with Crippen molar-refractivity contribution in [1.29, 1.82) is 0 Å². The predicted octanol–water partition coefficient (Wildman–Crippen LogP) is 3.63. The molecule has 0 fully saturated rings. The average molecular weight is 215 g/mol. The minimum Gasteiger partial charge on any atom is -0.374 e. The van der Waals surface area contributed by atoms with Crippen molar-refractivity contribution in [3.63, 3.8) is 0 Å². The van der Waals surface area contributed by atoms with Gasteiger partial charge in [0.05, 0.1) is 6.54 Å². The zero-order valence-electron chi connectivity index (χ0n) is 10.5. The molecule has 0 spiro atoms. The molecule has 0 aliphatic heterocycles. The lowest BCUT2D eigenvalue weighted by Crippen LogP contribution is -2.07. The molecule has 1 heteroatoms. The van der Waals surface area contributed by atoms with Crippen molar-refractivity contribution in [3.05, 3.63) is 29.3 Å². The van der Waals surface area contributed by atoms with Crippen LogP contribution in [0.4, 0.5) is 5.69 Å². The number of rotatable bonds is 5. The van der Waals surface area contributed by atoms with Crippen molar-refractivity contribution < 1.29 is 0 Å². The molecule has 1 aromatic rings. The maximum absolute atomic E-state index is 5.28. The second kappa shape index (κ2) is 6.23. The van der Waals surface area contributed by atoms with Crippen LogP contribution in [0, 0.1) is 25.2 Å². The molecule has 0 aliphatic carbocycles. The normalized spacial score (nSPS) is 11.9. The van der Waals surface area contributed by atoms with Gasteiger partial charge in [-0.2, -0.15) is 0 Å². The zero-order chi connectivity index (χ0) is 12.0. The molecule has 1 atom stereocenters. The Balaban J connectivity index is 2.90. The van der Waals surface area contributed by atoms with Gasteiger partial charge in [0.2, 0.25) is 0 Å². The van der Waals surface area contributed by atoms with Crippen LogP contribution in [0.15, 0.2) is 18.2 Å². The summed E-state index contributed by atoms with van der Waals surface area (Å²) >= 11 is 0. The summed E-state index contributed by atoms with van der Waals surface area (Å²) in [5.74, 6) is 3.33. The van der Waals surface area contributed by atoms with Gasteiger partial charge in [-0.25, -0.2) is 0 Å². The van der Waals surface area contributed by atoms with Crippen molar-refractivity contribution in [3.8, 4) is 12.3 Å². The first-order chi connectivity index (χ1) is 7.69. The molecule has 0 aliphatic rings. The third-order valence-electron chi connectivity index (χ3n) is 3.04. The molecule has 1 rings (SSSR count). The van der Waals surface area contributed by atoms with E-state index in [-0.39, 0.29) is 0 Å². The second-order valence-corrected chi connectivity index (χ2v) is 4.38. The largest absolute Gasteiger partial charge is 0.374 e. The Morgan fingerprint density at radius 2 is 2.19 bits per heavy atom. The molecule has 0 radical (unpaired) electrons. The van der Waals surface area contributed by atoms with E-state index in [2.05, 4.69) is 50.2 Å². The highest BCUT2D eigenvalue weighted by Crippen LogP contribution is 2.23. The van der Waals surface area contributed by atoms with Crippen LogP contribution in [0.5, 0.6) is 0 Å². The lowest BCUT2D eigenvalue weighted by atomic mass is 9.94. The van der Waals surface area contributed by atoms with Crippen LogP contribution in [0.3, 0.4) is 0 Å². The molecular formula is C15H21N. The van der Waals surface area contributed by atoms with E-state index in [9.17, 15) is 0 Å². The summed E-state index contributed by atoms with van der Waals surface area (Å²) < 4.78 is 0. The van der Waals surface area contributed by atoms with Gasteiger partial charge in [-0.05, 0) is 36.5 Å². The second-order valence-electron chi connectivity index (χ2n) is 4.38. The van der Waals surface area contributed by atoms with E-state index in [1.807, 2.05) is 0 Å². The van der Waals surface area contributed by atoms with Gasteiger partial charge in [-0.1, -0.05) is 38.3 Å². The van der Waals surface area contributed by atoms with Gasteiger partial charge in [0.1, 0.15) is 0 Å². The van der Waals surface area contributed by atoms with Crippen LogP contribution < -0.4 is 5.32 Å². The van der Waals surface area contributed by atoms with E-state index in [1.54, 1.807) is 0 Å². The van der Waals surface area contributed by atoms with Gasteiger partial charge >= 0.3 is 0 Å². The highest BCUT2D eigenvalue weighted by molar-refractivity contribution is 5.55. The Bertz CT molecular complexity index is 374. The maximum atomic E-state index is 5.28. The number of hydrogen-bond donors (Lipinski definition) is 1. The van der Waals surface area contributed by atoms with Crippen LogP contribution in [0.2, 0.25) is 0 Å². The minimum absolute atomic E-state index is 0.594. The predicted molar refractivity (Wildman–Crippen MR) is 71.7 cm³/mol. The lowest BCUT2D eigenvalue weighted by molar-refractivity contribution is 0.559. The van der Waals surface area contributed by atoms with E-state index >= 15 is 0 Å². The first-order valence-corrected chi connectivity index (χ1v) is 5.94. The van der Waals surface area contributed by atoms with Gasteiger partial charge in [0.25, 0.3) is 0 Å². The van der Waals surface area contributed by atoms with Crippen LogP contribution in [-0.2, 0) is 6.42 Å². The Hall–Kier alpha value is -1.42. The highest BCUT2D eigenvalue weighted by atomic mass is 14.9. The summed E-state index contributed by atoms with van der Waals surface area (Å²) in [6.07, 6.45) is 7.61. The van der Waals surface area contributed by atoms with Gasteiger partial charge in [-0.15, -0.1) is 6.42 Å². The third-order valence-corrected chi connectivity index (χ3v) is 3.04. The number of benzene rings is 1. The van der Waals surface area contributed by atoms with Crippen LogP contribution in [0.25, 0.3) is 0 Å². The third kappa shape index (κ3) is 3.31.